The molecule has 3 rings (SSSR count). The summed E-state index contributed by atoms with van der Waals surface area (Å²) in [4.78, 5) is 22.7. The van der Waals surface area contributed by atoms with Gasteiger partial charge in [0, 0.05) is 37.6 Å². The van der Waals surface area contributed by atoms with Crippen LogP contribution in [-0.2, 0) is 11.3 Å². The molecular weight excluding hydrogens is 326 g/mol. The third-order valence-electron chi connectivity index (χ3n) is 4.72. The van der Waals surface area contributed by atoms with Gasteiger partial charge in [0.15, 0.2) is 0 Å². The molecule has 1 amide bonds. The van der Waals surface area contributed by atoms with Gasteiger partial charge in [-0.2, -0.15) is 0 Å². The van der Waals surface area contributed by atoms with E-state index in [9.17, 15) is 4.79 Å². The van der Waals surface area contributed by atoms with Crippen molar-refractivity contribution in [1.82, 2.24) is 14.9 Å². The predicted octanol–water partition coefficient (Wildman–Crippen LogP) is 3.15. The Bertz CT molecular complexity index is 681. The Kier molecular flexibility index (Phi) is 6.55. The van der Waals surface area contributed by atoms with Crippen molar-refractivity contribution < 1.29 is 4.79 Å². The van der Waals surface area contributed by atoms with Crippen LogP contribution >= 0.6 is 0 Å². The molecule has 0 radical (unpaired) electrons. The summed E-state index contributed by atoms with van der Waals surface area (Å²) >= 11 is 0. The third kappa shape index (κ3) is 5.81. The molecule has 2 aromatic rings. The van der Waals surface area contributed by atoms with Crippen LogP contribution in [0.15, 0.2) is 42.7 Å². The van der Waals surface area contributed by atoms with Gasteiger partial charge in [0.2, 0.25) is 11.9 Å². The molecule has 1 aliphatic rings. The number of nitrogens with one attached hydrogen (secondary N) is 2. The first-order valence-corrected chi connectivity index (χ1v) is 9.31. The van der Waals surface area contributed by atoms with Crippen LogP contribution in [0.3, 0.4) is 0 Å². The second-order valence-electron chi connectivity index (χ2n) is 6.95. The highest BCUT2D eigenvalue weighted by atomic mass is 16.1. The molecule has 2 heterocycles. The summed E-state index contributed by atoms with van der Waals surface area (Å²) in [5.74, 6) is 1.37. The molecular formula is C20H27N5O. The minimum atomic E-state index is -0.0220. The Morgan fingerprint density at radius 1 is 1.15 bits per heavy atom. The number of carbonyl (C=O) groups excluding carboxylic acids is 1. The summed E-state index contributed by atoms with van der Waals surface area (Å²) in [5.41, 5.74) is 2.13. The zero-order chi connectivity index (χ0) is 18.2. The minimum absolute atomic E-state index is 0.0220. The SMILES string of the molecule is CC1CCN(Cc2ccc(NC(=O)CCNc3ncccn3)cc2)CC1. The van der Waals surface area contributed by atoms with Crippen LogP contribution in [0.5, 0.6) is 0 Å². The van der Waals surface area contributed by atoms with Gasteiger partial charge in [-0.15, -0.1) is 0 Å². The number of aromatic nitrogens is 2. The average molecular weight is 353 g/mol. The van der Waals surface area contributed by atoms with Crippen LogP contribution < -0.4 is 10.6 Å². The molecule has 2 N–H and O–H groups in total. The summed E-state index contributed by atoms with van der Waals surface area (Å²) in [6, 6.07) is 9.92. The summed E-state index contributed by atoms with van der Waals surface area (Å²) < 4.78 is 0. The monoisotopic (exact) mass is 353 g/mol. The van der Waals surface area contributed by atoms with E-state index in [4.69, 9.17) is 0 Å². The maximum atomic E-state index is 12.0. The van der Waals surface area contributed by atoms with Crippen molar-refractivity contribution in [3.8, 4) is 0 Å². The lowest BCUT2D eigenvalue weighted by Crippen LogP contribution is -2.32. The van der Waals surface area contributed by atoms with Crippen molar-refractivity contribution in [2.45, 2.75) is 32.7 Å². The first kappa shape index (κ1) is 18.3. The van der Waals surface area contributed by atoms with Crippen LogP contribution in [0, 0.1) is 5.92 Å². The molecule has 0 spiro atoms. The Hall–Kier alpha value is -2.47. The van der Waals surface area contributed by atoms with Gasteiger partial charge in [0.05, 0.1) is 0 Å². The average Bonchev–Trinajstić information content (AvgIpc) is 2.66. The molecule has 6 heteroatoms. The number of anilines is 2. The van der Waals surface area contributed by atoms with Gasteiger partial charge >= 0.3 is 0 Å². The number of likely N-dealkylation sites (tertiary alicyclic amines) is 1. The molecule has 0 saturated carbocycles. The van der Waals surface area contributed by atoms with Crippen molar-refractivity contribution in [3.05, 3.63) is 48.3 Å². The third-order valence-corrected chi connectivity index (χ3v) is 4.72. The molecule has 0 aliphatic carbocycles. The van der Waals surface area contributed by atoms with E-state index in [1.165, 1.54) is 31.5 Å². The molecule has 0 unspecified atom stereocenters. The van der Waals surface area contributed by atoms with E-state index in [1.54, 1.807) is 18.5 Å². The number of nitrogens with zero attached hydrogens (tertiary/aromatic N) is 3. The van der Waals surface area contributed by atoms with E-state index in [0.29, 0.717) is 18.9 Å². The second kappa shape index (κ2) is 9.29. The first-order valence-electron chi connectivity index (χ1n) is 9.31. The smallest absolute Gasteiger partial charge is 0.226 e. The quantitative estimate of drug-likeness (QED) is 0.800. The standard InChI is InChI=1S/C20H27N5O/c1-16-8-13-25(14-9-16)15-17-3-5-18(6-4-17)24-19(26)7-12-23-20-21-10-2-11-22-20/h2-6,10-11,16H,7-9,12-15H2,1H3,(H,24,26)(H,21,22,23). The van der Waals surface area contributed by atoms with E-state index >= 15 is 0 Å². The molecule has 1 fully saturated rings. The lowest BCUT2D eigenvalue weighted by molar-refractivity contribution is -0.115. The zero-order valence-corrected chi connectivity index (χ0v) is 15.3. The van der Waals surface area contributed by atoms with Gasteiger partial charge in [0.25, 0.3) is 0 Å². The van der Waals surface area contributed by atoms with E-state index in [0.717, 1.165) is 18.2 Å². The van der Waals surface area contributed by atoms with Gasteiger partial charge in [-0.3, -0.25) is 9.69 Å². The summed E-state index contributed by atoms with van der Waals surface area (Å²) in [6.07, 6.45) is 6.28. The number of carbonyl (C=O) groups is 1. The highest BCUT2D eigenvalue weighted by molar-refractivity contribution is 5.90. The van der Waals surface area contributed by atoms with Crippen LogP contribution in [0.4, 0.5) is 11.6 Å². The van der Waals surface area contributed by atoms with Gasteiger partial charge in [0.1, 0.15) is 0 Å². The molecule has 6 nitrogen and oxygen atoms in total. The molecule has 0 bridgehead atoms. The lowest BCUT2D eigenvalue weighted by atomic mass is 9.99. The maximum Gasteiger partial charge on any atom is 0.226 e. The van der Waals surface area contributed by atoms with E-state index in [-0.39, 0.29) is 5.91 Å². The normalized spacial score (nSPS) is 15.6. The summed E-state index contributed by atoms with van der Waals surface area (Å²) in [5, 5.41) is 5.96. The largest absolute Gasteiger partial charge is 0.354 e. The van der Waals surface area contributed by atoms with Crippen molar-refractivity contribution in [2.75, 3.05) is 30.3 Å². The van der Waals surface area contributed by atoms with Crippen molar-refractivity contribution in [3.63, 3.8) is 0 Å². The number of hydrogen-bond donors (Lipinski definition) is 2. The van der Waals surface area contributed by atoms with Crippen molar-refractivity contribution in [2.24, 2.45) is 5.92 Å². The Labute approximate surface area is 155 Å². The van der Waals surface area contributed by atoms with E-state index < -0.39 is 0 Å². The predicted molar refractivity (Wildman–Crippen MR) is 104 cm³/mol. The summed E-state index contributed by atoms with van der Waals surface area (Å²) in [6.45, 7) is 6.18. The highest BCUT2D eigenvalue weighted by Crippen LogP contribution is 2.19. The topological polar surface area (TPSA) is 70.2 Å². The Morgan fingerprint density at radius 2 is 1.85 bits per heavy atom. The summed E-state index contributed by atoms with van der Waals surface area (Å²) in [7, 11) is 0. The zero-order valence-electron chi connectivity index (χ0n) is 15.3. The molecule has 0 atom stereocenters. The number of rotatable bonds is 7. The van der Waals surface area contributed by atoms with Gasteiger partial charge in [-0.05, 0) is 55.6 Å². The van der Waals surface area contributed by atoms with Crippen LogP contribution in [0.25, 0.3) is 0 Å². The first-order chi connectivity index (χ1) is 12.7. The Balaban J connectivity index is 1.40. The Morgan fingerprint density at radius 3 is 2.54 bits per heavy atom. The van der Waals surface area contributed by atoms with Crippen molar-refractivity contribution in [1.29, 1.82) is 0 Å². The van der Waals surface area contributed by atoms with E-state index in [1.807, 2.05) is 12.1 Å². The van der Waals surface area contributed by atoms with Crippen LogP contribution in [-0.4, -0.2) is 40.4 Å². The van der Waals surface area contributed by atoms with Gasteiger partial charge in [-0.25, -0.2) is 9.97 Å². The number of piperidine rings is 1. The van der Waals surface area contributed by atoms with Gasteiger partial charge in [-0.1, -0.05) is 19.1 Å². The fourth-order valence-corrected chi connectivity index (χ4v) is 3.07. The molecule has 138 valence electrons. The van der Waals surface area contributed by atoms with E-state index in [2.05, 4.69) is 44.6 Å². The molecule has 1 saturated heterocycles. The highest BCUT2D eigenvalue weighted by Gasteiger charge is 2.15. The lowest BCUT2D eigenvalue weighted by Gasteiger charge is -2.30. The number of benzene rings is 1. The molecule has 1 aliphatic heterocycles. The van der Waals surface area contributed by atoms with Crippen LogP contribution in [0.2, 0.25) is 0 Å². The molecule has 1 aromatic heterocycles. The molecule has 26 heavy (non-hydrogen) atoms. The number of amides is 1. The fraction of sp³-hybridized carbons (Fsp3) is 0.450. The molecule has 1 aromatic carbocycles. The van der Waals surface area contributed by atoms with Crippen LogP contribution in [0.1, 0.15) is 31.7 Å². The fourth-order valence-electron chi connectivity index (χ4n) is 3.07. The van der Waals surface area contributed by atoms with Crippen molar-refractivity contribution >= 4 is 17.5 Å². The van der Waals surface area contributed by atoms with Gasteiger partial charge < -0.3 is 10.6 Å². The minimum Gasteiger partial charge on any atom is -0.354 e. The number of hydrogen-bond acceptors (Lipinski definition) is 5. The second-order valence-corrected chi connectivity index (χ2v) is 6.95. The maximum absolute atomic E-state index is 12.0.